The molecule has 1 aliphatic heterocycles. The van der Waals surface area contributed by atoms with Crippen LogP contribution in [0.4, 0.5) is 0 Å². The fourth-order valence-corrected chi connectivity index (χ4v) is 4.05. The fourth-order valence-electron chi connectivity index (χ4n) is 4.05. The first-order chi connectivity index (χ1) is 8.28. The van der Waals surface area contributed by atoms with Gasteiger partial charge in [0, 0.05) is 19.0 Å². The van der Waals surface area contributed by atoms with Gasteiger partial charge in [-0.2, -0.15) is 0 Å². The van der Waals surface area contributed by atoms with Gasteiger partial charge in [0.2, 0.25) is 0 Å². The Bertz CT molecular complexity index is 466. The Kier molecular flexibility index (Phi) is 2.95. The van der Waals surface area contributed by atoms with Crippen LogP contribution in [0.15, 0.2) is 18.2 Å². The van der Waals surface area contributed by atoms with E-state index in [2.05, 4.69) is 30.4 Å². The van der Waals surface area contributed by atoms with E-state index in [0.29, 0.717) is 5.41 Å². The van der Waals surface area contributed by atoms with Crippen molar-refractivity contribution < 1.29 is 0 Å². The van der Waals surface area contributed by atoms with E-state index in [1.165, 1.54) is 38.8 Å². The maximum Gasteiger partial charge on any atom is 0.00323 e. The van der Waals surface area contributed by atoms with E-state index in [-0.39, 0.29) is 12.4 Å². The minimum atomic E-state index is 0. The summed E-state index contributed by atoms with van der Waals surface area (Å²) in [6.45, 7) is 4.88. The molecule has 2 aliphatic carbocycles. The molecule has 2 atom stereocenters. The Balaban J connectivity index is 0.000001000. The van der Waals surface area contributed by atoms with E-state index < -0.39 is 0 Å². The molecular formula is C16H22ClN. The average molecular weight is 264 g/mol. The summed E-state index contributed by atoms with van der Waals surface area (Å²) in [5, 5.41) is 3.61. The SMILES string of the molecule is CC12CCc3c(C4CC4)cccc3C1CNC2.Cl. The highest BCUT2D eigenvalue weighted by atomic mass is 35.5. The van der Waals surface area contributed by atoms with E-state index in [9.17, 15) is 0 Å². The molecule has 0 bridgehead atoms. The first-order valence-corrected chi connectivity index (χ1v) is 7.10. The molecule has 4 rings (SSSR count). The van der Waals surface area contributed by atoms with E-state index in [1.807, 2.05) is 0 Å². The highest BCUT2D eigenvalue weighted by Gasteiger charge is 2.44. The summed E-state index contributed by atoms with van der Waals surface area (Å²) in [6, 6.07) is 7.09. The maximum absolute atomic E-state index is 3.61. The van der Waals surface area contributed by atoms with Crippen LogP contribution in [0.5, 0.6) is 0 Å². The molecule has 2 fully saturated rings. The Morgan fingerprint density at radius 3 is 2.78 bits per heavy atom. The largest absolute Gasteiger partial charge is 0.316 e. The quantitative estimate of drug-likeness (QED) is 0.816. The van der Waals surface area contributed by atoms with Crippen LogP contribution in [-0.4, -0.2) is 13.1 Å². The topological polar surface area (TPSA) is 12.0 Å². The van der Waals surface area contributed by atoms with Crippen LogP contribution in [0.1, 0.15) is 54.7 Å². The third-order valence-corrected chi connectivity index (χ3v) is 5.31. The van der Waals surface area contributed by atoms with Crippen molar-refractivity contribution in [2.24, 2.45) is 5.41 Å². The molecule has 0 spiro atoms. The summed E-state index contributed by atoms with van der Waals surface area (Å²) in [6.07, 6.45) is 5.55. The van der Waals surface area contributed by atoms with E-state index in [4.69, 9.17) is 0 Å². The van der Waals surface area contributed by atoms with Crippen LogP contribution >= 0.6 is 12.4 Å². The number of halogens is 1. The normalized spacial score (nSPS) is 33.5. The van der Waals surface area contributed by atoms with Crippen molar-refractivity contribution in [1.29, 1.82) is 0 Å². The summed E-state index contributed by atoms with van der Waals surface area (Å²) < 4.78 is 0. The number of benzene rings is 1. The Hall–Kier alpha value is -0.530. The zero-order valence-corrected chi connectivity index (χ0v) is 11.9. The molecule has 1 saturated heterocycles. The number of hydrogen-bond acceptors (Lipinski definition) is 1. The zero-order valence-electron chi connectivity index (χ0n) is 11.0. The molecular weight excluding hydrogens is 242 g/mol. The molecule has 1 saturated carbocycles. The maximum atomic E-state index is 3.61. The van der Waals surface area contributed by atoms with Crippen LogP contribution in [0.25, 0.3) is 0 Å². The van der Waals surface area contributed by atoms with Crippen molar-refractivity contribution in [3.05, 3.63) is 34.9 Å². The van der Waals surface area contributed by atoms with Gasteiger partial charge >= 0.3 is 0 Å². The molecule has 2 unspecified atom stereocenters. The van der Waals surface area contributed by atoms with Gasteiger partial charge in [-0.3, -0.25) is 0 Å². The second kappa shape index (κ2) is 4.25. The van der Waals surface area contributed by atoms with Crippen molar-refractivity contribution in [2.75, 3.05) is 13.1 Å². The lowest BCUT2D eigenvalue weighted by Gasteiger charge is -2.38. The van der Waals surface area contributed by atoms with Gasteiger partial charge in [0.05, 0.1) is 0 Å². The van der Waals surface area contributed by atoms with Gasteiger partial charge in [0.15, 0.2) is 0 Å². The first kappa shape index (κ1) is 12.5. The van der Waals surface area contributed by atoms with Crippen LogP contribution in [0.3, 0.4) is 0 Å². The minimum Gasteiger partial charge on any atom is -0.316 e. The van der Waals surface area contributed by atoms with Gasteiger partial charge in [-0.25, -0.2) is 0 Å². The molecule has 0 radical (unpaired) electrons. The summed E-state index contributed by atoms with van der Waals surface area (Å²) in [7, 11) is 0. The van der Waals surface area contributed by atoms with E-state index >= 15 is 0 Å². The predicted molar refractivity (Wildman–Crippen MR) is 77.7 cm³/mol. The first-order valence-electron chi connectivity index (χ1n) is 7.10. The van der Waals surface area contributed by atoms with E-state index in [1.54, 1.807) is 16.7 Å². The van der Waals surface area contributed by atoms with Crippen LogP contribution in [0.2, 0.25) is 0 Å². The smallest absolute Gasteiger partial charge is 0.00323 e. The molecule has 1 aromatic carbocycles. The Morgan fingerprint density at radius 2 is 2.00 bits per heavy atom. The van der Waals surface area contributed by atoms with Crippen LogP contribution < -0.4 is 5.32 Å². The van der Waals surface area contributed by atoms with Crippen LogP contribution in [0, 0.1) is 5.41 Å². The van der Waals surface area contributed by atoms with Crippen LogP contribution in [-0.2, 0) is 6.42 Å². The average Bonchev–Trinajstić information content (AvgIpc) is 3.10. The molecule has 2 heteroatoms. The van der Waals surface area contributed by atoms with Gasteiger partial charge in [-0.15, -0.1) is 12.4 Å². The monoisotopic (exact) mass is 263 g/mol. The van der Waals surface area contributed by atoms with Crippen molar-refractivity contribution in [3.63, 3.8) is 0 Å². The number of nitrogens with one attached hydrogen (secondary N) is 1. The van der Waals surface area contributed by atoms with Gasteiger partial charge in [0.25, 0.3) is 0 Å². The summed E-state index contributed by atoms with van der Waals surface area (Å²) in [5.74, 6) is 1.67. The number of hydrogen-bond donors (Lipinski definition) is 1. The molecule has 0 amide bonds. The molecule has 0 aromatic heterocycles. The van der Waals surface area contributed by atoms with Crippen molar-refractivity contribution >= 4 is 12.4 Å². The summed E-state index contributed by atoms with van der Waals surface area (Å²) in [5.41, 5.74) is 5.61. The fraction of sp³-hybridized carbons (Fsp3) is 0.625. The zero-order chi connectivity index (χ0) is 11.5. The Labute approximate surface area is 116 Å². The molecule has 18 heavy (non-hydrogen) atoms. The van der Waals surface area contributed by atoms with Crippen molar-refractivity contribution in [1.82, 2.24) is 5.32 Å². The van der Waals surface area contributed by atoms with Gasteiger partial charge < -0.3 is 5.32 Å². The van der Waals surface area contributed by atoms with Crippen molar-refractivity contribution in [3.8, 4) is 0 Å². The predicted octanol–water partition coefficient (Wildman–Crippen LogP) is 3.63. The van der Waals surface area contributed by atoms with E-state index in [0.717, 1.165) is 11.8 Å². The molecule has 1 aromatic rings. The molecule has 98 valence electrons. The number of fused-ring (bicyclic) bond motifs is 3. The lowest BCUT2D eigenvalue weighted by Crippen LogP contribution is -2.30. The highest BCUT2D eigenvalue weighted by Crippen LogP contribution is 2.51. The molecule has 1 N–H and O–H groups in total. The highest BCUT2D eigenvalue weighted by molar-refractivity contribution is 5.85. The molecule has 1 heterocycles. The standard InChI is InChI=1S/C16H21N.ClH/c1-16-8-7-13-12(11-5-6-11)3-2-4-14(13)15(16)9-17-10-16;/h2-4,11,15,17H,5-10H2,1H3;1H. The summed E-state index contributed by atoms with van der Waals surface area (Å²) in [4.78, 5) is 0. The van der Waals surface area contributed by atoms with Gasteiger partial charge in [0.1, 0.15) is 0 Å². The number of rotatable bonds is 1. The third kappa shape index (κ3) is 1.71. The Morgan fingerprint density at radius 1 is 1.22 bits per heavy atom. The van der Waals surface area contributed by atoms with Gasteiger partial charge in [-0.05, 0) is 53.7 Å². The van der Waals surface area contributed by atoms with Gasteiger partial charge in [-0.1, -0.05) is 25.1 Å². The molecule has 3 aliphatic rings. The lowest BCUT2D eigenvalue weighted by molar-refractivity contribution is 0.277. The second-order valence-corrected chi connectivity index (χ2v) is 6.53. The second-order valence-electron chi connectivity index (χ2n) is 6.53. The molecule has 1 nitrogen and oxygen atoms in total. The van der Waals surface area contributed by atoms with Crippen molar-refractivity contribution in [2.45, 2.75) is 44.4 Å². The summed E-state index contributed by atoms with van der Waals surface area (Å²) >= 11 is 0. The minimum absolute atomic E-state index is 0. The third-order valence-electron chi connectivity index (χ3n) is 5.31. The lowest BCUT2D eigenvalue weighted by atomic mass is 9.66.